The zero-order valence-corrected chi connectivity index (χ0v) is 22.4. The lowest BCUT2D eigenvalue weighted by Crippen LogP contribution is -2.12. The van der Waals surface area contributed by atoms with Crippen molar-refractivity contribution in [2.75, 3.05) is 5.32 Å². The van der Waals surface area contributed by atoms with Crippen LogP contribution in [-0.4, -0.2) is 26.5 Å². The normalized spacial score (nSPS) is 11.1. The van der Waals surface area contributed by atoms with Crippen molar-refractivity contribution >= 4 is 28.6 Å². The number of rotatable bonds is 8. The second-order valence-corrected chi connectivity index (χ2v) is 9.89. The van der Waals surface area contributed by atoms with Gasteiger partial charge in [0.05, 0.1) is 16.6 Å². The van der Waals surface area contributed by atoms with Crippen LogP contribution in [0, 0.1) is 13.8 Å². The molecular weight excluding hydrogens is 486 g/mol. The third-order valence-corrected chi connectivity index (χ3v) is 6.93. The summed E-state index contributed by atoms with van der Waals surface area (Å²) in [6.07, 6.45) is 1.80. The molecule has 0 radical (unpaired) electrons. The number of carboxylic acids is 1. The predicted octanol–water partition coefficient (Wildman–Crippen LogP) is 7.27. The molecule has 2 N–H and O–H groups in total. The van der Waals surface area contributed by atoms with E-state index in [-0.39, 0.29) is 11.5 Å². The molecule has 1 aromatic heterocycles. The van der Waals surface area contributed by atoms with E-state index in [1.807, 2.05) is 86.6 Å². The van der Waals surface area contributed by atoms with Crippen molar-refractivity contribution in [1.82, 2.24) is 9.55 Å². The first kappa shape index (κ1) is 25.9. The van der Waals surface area contributed by atoms with Crippen molar-refractivity contribution in [3.05, 3.63) is 119 Å². The van der Waals surface area contributed by atoms with Crippen LogP contribution >= 0.6 is 0 Å². The summed E-state index contributed by atoms with van der Waals surface area (Å²) < 4.78 is 2.22. The molecule has 196 valence electrons. The lowest BCUT2D eigenvalue weighted by molar-refractivity contribution is 0.0697. The Labute approximate surface area is 228 Å². The molecule has 0 aliphatic rings. The number of carbonyl (C=O) groups is 2. The number of nitrogens with zero attached hydrogens (tertiary/aromatic N) is 2. The largest absolute Gasteiger partial charge is 0.478 e. The molecule has 4 aromatic carbocycles. The molecule has 0 saturated carbocycles. The van der Waals surface area contributed by atoms with E-state index in [9.17, 15) is 14.7 Å². The van der Waals surface area contributed by atoms with E-state index in [0.717, 1.165) is 57.6 Å². The Bertz CT molecular complexity index is 1670. The number of aryl methyl sites for hydroxylation is 3. The number of carbonyl (C=O) groups excluding carboxylic acids is 1. The van der Waals surface area contributed by atoms with Gasteiger partial charge in [0.1, 0.15) is 5.82 Å². The summed E-state index contributed by atoms with van der Waals surface area (Å²) in [4.78, 5) is 29.5. The van der Waals surface area contributed by atoms with Gasteiger partial charge in [0.2, 0.25) is 0 Å². The van der Waals surface area contributed by atoms with Gasteiger partial charge in [-0.25, -0.2) is 9.78 Å². The van der Waals surface area contributed by atoms with E-state index >= 15 is 0 Å². The average molecular weight is 518 g/mol. The molecule has 39 heavy (non-hydrogen) atoms. The third kappa shape index (κ3) is 5.46. The predicted molar refractivity (Wildman–Crippen MR) is 156 cm³/mol. The van der Waals surface area contributed by atoms with Crippen LogP contribution in [-0.2, 0) is 13.0 Å². The van der Waals surface area contributed by atoms with Crippen molar-refractivity contribution < 1.29 is 14.7 Å². The smallest absolute Gasteiger partial charge is 0.336 e. The molecule has 6 nitrogen and oxygen atoms in total. The van der Waals surface area contributed by atoms with Crippen LogP contribution in [0.1, 0.15) is 56.6 Å². The molecular formula is C33H31N3O3. The summed E-state index contributed by atoms with van der Waals surface area (Å²) in [5, 5.41) is 12.6. The van der Waals surface area contributed by atoms with Crippen molar-refractivity contribution in [2.24, 2.45) is 0 Å². The van der Waals surface area contributed by atoms with Gasteiger partial charge in [0.25, 0.3) is 5.91 Å². The van der Waals surface area contributed by atoms with Gasteiger partial charge in [0, 0.05) is 24.2 Å². The molecule has 0 aliphatic carbocycles. The topological polar surface area (TPSA) is 84.2 Å². The molecule has 0 bridgehead atoms. The Balaban J connectivity index is 1.48. The van der Waals surface area contributed by atoms with Crippen LogP contribution in [0.2, 0.25) is 0 Å². The van der Waals surface area contributed by atoms with Gasteiger partial charge in [-0.1, -0.05) is 67.1 Å². The number of aromatic carboxylic acids is 1. The fourth-order valence-electron chi connectivity index (χ4n) is 4.91. The van der Waals surface area contributed by atoms with Gasteiger partial charge in [-0.15, -0.1) is 0 Å². The van der Waals surface area contributed by atoms with Gasteiger partial charge in [0.15, 0.2) is 0 Å². The second-order valence-electron chi connectivity index (χ2n) is 9.89. The highest BCUT2D eigenvalue weighted by Crippen LogP contribution is 2.28. The van der Waals surface area contributed by atoms with E-state index in [1.54, 1.807) is 12.1 Å². The Morgan fingerprint density at radius 1 is 0.923 bits per heavy atom. The maximum atomic E-state index is 12.9. The molecule has 5 rings (SSSR count). The highest BCUT2D eigenvalue weighted by molar-refractivity contribution is 6.05. The molecule has 0 unspecified atom stereocenters. The van der Waals surface area contributed by atoms with Crippen LogP contribution in [0.5, 0.6) is 0 Å². The van der Waals surface area contributed by atoms with E-state index in [1.165, 1.54) is 0 Å². The first-order valence-electron chi connectivity index (χ1n) is 13.1. The number of aromatic nitrogens is 2. The standard InChI is InChI=1S/C33H31N3O3/c1-4-7-30-35-31-22(3)18-26(34-32(37)25-14-10-21(2)11-15-25)19-29(31)36(30)20-23-12-16-24(17-13-23)27-8-5-6-9-28(27)33(38)39/h5-6,8-19H,4,7,20H2,1-3H3,(H,34,37)(H,38,39). The highest BCUT2D eigenvalue weighted by atomic mass is 16.4. The van der Waals surface area contributed by atoms with E-state index in [0.29, 0.717) is 17.7 Å². The molecule has 5 aromatic rings. The summed E-state index contributed by atoms with van der Waals surface area (Å²) in [5.41, 5.74) is 8.27. The summed E-state index contributed by atoms with van der Waals surface area (Å²) in [6, 6.07) is 26.5. The van der Waals surface area contributed by atoms with Gasteiger partial charge < -0.3 is 15.0 Å². The van der Waals surface area contributed by atoms with Crippen molar-refractivity contribution in [1.29, 1.82) is 0 Å². The SMILES string of the molecule is CCCc1nc2c(C)cc(NC(=O)c3ccc(C)cc3)cc2n1Cc1ccc(-c2ccccc2C(=O)O)cc1. The van der Waals surface area contributed by atoms with Gasteiger partial charge in [-0.05, 0) is 72.9 Å². The molecule has 1 amide bonds. The number of amides is 1. The first-order chi connectivity index (χ1) is 18.8. The molecule has 0 spiro atoms. The van der Waals surface area contributed by atoms with Crippen molar-refractivity contribution in [3.63, 3.8) is 0 Å². The Hall–Kier alpha value is -4.71. The maximum absolute atomic E-state index is 12.9. The summed E-state index contributed by atoms with van der Waals surface area (Å²) >= 11 is 0. The maximum Gasteiger partial charge on any atom is 0.336 e. The van der Waals surface area contributed by atoms with Crippen molar-refractivity contribution in [3.8, 4) is 11.1 Å². The zero-order valence-electron chi connectivity index (χ0n) is 22.4. The Kier molecular flexibility index (Phi) is 7.28. The van der Waals surface area contributed by atoms with Crippen LogP contribution in [0.25, 0.3) is 22.2 Å². The van der Waals surface area contributed by atoms with Gasteiger partial charge >= 0.3 is 5.97 Å². The number of benzene rings is 4. The molecule has 6 heteroatoms. The molecule has 0 aliphatic heterocycles. The molecule has 0 fully saturated rings. The monoisotopic (exact) mass is 517 g/mol. The van der Waals surface area contributed by atoms with Crippen LogP contribution in [0.4, 0.5) is 5.69 Å². The molecule has 0 atom stereocenters. The lowest BCUT2D eigenvalue weighted by Gasteiger charge is -2.12. The Morgan fingerprint density at radius 3 is 2.33 bits per heavy atom. The van der Waals surface area contributed by atoms with Crippen LogP contribution in [0.15, 0.2) is 84.9 Å². The fraction of sp³-hybridized carbons (Fsp3) is 0.182. The fourth-order valence-corrected chi connectivity index (χ4v) is 4.91. The van der Waals surface area contributed by atoms with Crippen LogP contribution in [0.3, 0.4) is 0 Å². The number of imidazole rings is 1. The minimum absolute atomic E-state index is 0.147. The first-order valence-corrected chi connectivity index (χ1v) is 13.1. The number of hydrogen-bond acceptors (Lipinski definition) is 3. The molecule has 0 saturated heterocycles. The van der Waals surface area contributed by atoms with E-state index < -0.39 is 5.97 Å². The van der Waals surface area contributed by atoms with Crippen LogP contribution < -0.4 is 5.32 Å². The zero-order chi connectivity index (χ0) is 27.5. The number of nitrogens with one attached hydrogen (secondary N) is 1. The summed E-state index contributed by atoms with van der Waals surface area (Å²) in [6.45, 7) is 6.77. The number of hydrogen-bond donors (Lipinski definition) is 2. The van der Waals surface area contributed by atoms with E-state index in [4.69, 9.17) is 4.98 Å². The lowest BCUT2D eigenvalue weighted by atomic mass is 9.99. The second kappa shape index (κ2) is 11.0. The average Bonchev–Trinajstić information content (AvgIpc) is 3.27. The number of carboxylic acid groups (broad SMARTS) is 1. The summed E-state index contributed by atoms with van der Waals surface area (Å²) in [7, 11) is 0. The van der Waals surface area contributed by atoms with Crippen molar-refractivity contribution in [2.45, 2.75) is 40.2 Å². The molecule has 1 heterocycles. The van der Waals surface area contributed by atoms with Gasteiger partial charge in [-0.2, -0.15) is 0 Å². The third-order valence-electron chi connectivity index (χ3n) is 6.93. The minimum Gasteiger partial charge on any atom is -0.478 e. The quantitative estimate of drug-likeness (QED) is 0.227. The minimum atomic E-state index is -0.940. The number of fused-ring (bicyclic) bond motifs is 1. The van der Waals surface area contributed by atoms with Gasteiger partial charge in [-0.3, -0.25) is 4.79 Å². The highest BCUT2D eigenvalue weighted by Gasteiger charge is 2.16. The Morgan fingerprint density at radius 2 is 1.64 bits per heavy atom. The summed E-state index contributed by atoms with van der Waals surface area (Å²) in [5.74, 6) is -0.0897. The number of anilines is 1. The van der Waals surface area contributed by atoms with E-state index in [2.05, 4.69) is 16.8 Å².